The Morgan fingerprint density at radius 2 is 1.78 bits per heavy atom. The van der Waals surface area contributed by atoms with Crippen molar-refractivity contribution in [2.75, 3.05) is 0 Å². The summed E-state index contributed by atoms with van der Waals surface area (Å²) < 4.78 is 41.6. The van der Waals surface area contributed by atoms with Crippen molar-refractivity contribution < 1.29 is 23.0 Å². The SMILES string of the molecule is CC(C)(C)c1nnnn1CC(O)c1ccc(OC(F)(F)F)cc1. The first-order valence-corrected chi connectivity index (χ1v) is 6.87. The molecule has 1 aromatic carbocycles. The van der Waals surface area contributed by atoms with Crippen LogP contribution in [-0.2, 0) is 12.0 Å². The Kier molecular flexibility index (Phi) is 4.60. The van der Waals surface area contributed by atoms with Crippen molar-refractivity contribution in [1.29, 1.82) is 0 Å². The van der Waals surface area contributed by atoms with Gasteiger partial charge in [0.25, 0.3) is 0 Å². The molecule has 0 saturated heterocycles. The lowest BCUT2D eigenvalue weighted by molar-refractivity contribution is -0.274. The molecule has 2 aromatic rings. The van der Waals surface area contributed by atoms with Gasteiger partial charge in [0.05, 0.1) is 12.6 Å². The minimum Gasteiger partial charge on any atom is -0.406 e. The molecule has 0 aliphatic carbocycles. The van der Waals surface area contributed by atoms with Gasteiger partial charge < -0.3 is 9.84 Å². The van der Waals surface area contributed by atoms with Crippen LogP contribution in [0.3, 0.4) is 0 Å². The summed E-state index contributed by atoms with van der Waals surface area (Å²) in [5, 5.41) is 21.6. The van der Waals surface area contributed by atoms with E-state index in [1.54, 1.807) is 0 Å². The van der Waals surface area contributed by atoms with Gasteiger partial charge in [0.2, 0.25) is 0 Å². The highest BCUT2D eigenvalue weighted by molar-refractivity contribution is 5.28. The number of aliphatic hydroxyl groups excluding tert-OH is 1. The summed E-state index contributed by atoms with van der Waals surface area (Å²) in [6, 6.07) is 5.03. The molecule has 0 amide bonds. The predicted molar refractivity (Wildman–Crippen MR) is 74.6 cm³/mol. The van der Waals surface area contributed by atoms with E-state index in [2.05, 4.69) is 20.3 Å². The van der Waals surface area contributed by atoms with Crippen LogP contribution in [0.5, 0.6) is 5.75 Å². The Hall–Kier alpha value is -2.16. The highest BCUT2D eigenvalue weighted by atomic mass is 19.4. The van der Waals surface area contributed by atoms with Crippen molar-refractivity contribution in [1.82, 2.24) is 20.2 Å². The van der Waals surface area contributed by atoms with Gasteiger partial charge in [0, 0.05) is 5.41 Å². The lowest BCUT2D eigenvalue weighted by Gasteiger charge is -2.19. The molecule has 1 N–H and O–H groups in total. The molecule has 1 unspecified atom stereocenters. The van der Waals surface area contributed by atoms with Crippen molar-refractivity contribution >= 4 is 0 Å². The zero-order chi connectivity index (χ0) is 17.3. The molecule has 0 fully saturated rings. The van der Waals surface area contributed by atoms with Gasteiger partial charge in [-0.3, -0.25) is 0 Å². The van der Waals surface area contributed by atoms with Crippen molar-refractivity contribution in [3.05, 3.63) is 35.7 Å². The number of ether oxygens (including phenoxy) is 1. The average molecular weight is 330 g/mol. The number of alkyl halides is 3. The van der Waals surface area contributed by atoms with Gasteiger partial charge in [0.15, 0.2) is 5.82 Å². The summed E-state index contributed by atoms with van der Waals surface area (Å²) in [4.78, 5) is 0. The van der Waals surface area contributed by atoms with Gasteiger partial charge in [-0.15, -0.1) is 18.3 Å². The van der Waals surface area contributed by atoms with Crippen LogP contribution < -0.4 is 4.74 Å². The van der Waals surface area contributed by atoms with Gasteiger partial charge in [0.1, 0.15) is 5.75 Å². The Bertz CT molecular complexity index is 647. The third kappa shape index (κ3) is 4.65. The zero-order valence-corrected chi connectivity index (χ0v) is 12.9. The van der Waals surface area contributed by atoms with E-state index in [1.807, 2.05) is 20.8 Å². The fraction of sp³-hybridized carbons (Fsp3) is 0.500. The van der Waals surface area contributed by atoms with Crippen LogP contribution in [0.4, 0.5) is 13.2 Å². The van der Waals surface area contributed by atoms with E-state index in [9.17, 15) is 18.3 Å². The molecule has 9 heteroatoms. The number of aromatic nitrogens is 4. The molecular weight excluding hydrogens is 313 g/mol. The second kappa shape index (κ2) is 6.15. The van der Waals surface area contributed by atoms with Gasteiger partial charge in [-0.05, 0) is 28.1 Å². The minimum absolute atomic E-state index is 0.0963. The van der Waals surface area contributed by atoms with Crippen LogP contribution in [-0.4, -0.2) is 31.7 Å². The molecular formula is C14H17F3N4O2. The zero-order valence-electron chi connectivity index (χ0n) is 12.9. The summed E-state index contributed by atoms with van der Waals surface area (Å²) >= 11 is 0. The minimum atomic E-state index is -4.74. The normalized spacial score (nSPS) is 13.9. The van der Waals surface area contributed by atoms with E-state index < -0.39 is 12.5 Å². The maximum atomic E-state index is 12.1. The van der Waals surface area contributed by atoms with E-state index in [4.69, 9.17) is 0 Å². The molecule has 1 aromatic heterocycles. The highest BCUT2D eigenvalue weighted by Gasteiger charge is 2.31. The van der Waals surface area contributed by atoms with Crippen LogP contribution in [0, 0.1) is 0 Å². The maximum absolute atomic E-state index is 12.1. The monoisotopic (exact) mass is 330 g/mol. The van der Waals surface area contributed by atoms with E-state index in [0.717, 1.165) is 12.1 Å². The van der Waals surface area contributed by atoms with E-state index in [1.165, 1.54) is 16.8 Å². The van der Waals surface area contributed by atoms with Crippen molar-refractivity contribution in [2.45, 2.75) is 45.2 Å². The highest BCUT2D eigenvalue weighted by Crippen LogP contribution is 2.25. The maximum Gasteiger partial charge on any atom is 0.573 e. The summed E-state index contributed by atoms with van der Waals surface area (Å²) in [6.45, 7) is 5.90. The third-order valence-corrected chi connectivity index (χ3v) is 3.05. The van der Waals surface area contributed by atoms with Gasteiger partial charge in [-0.25, -0.2) is 4.68 Å². The fourth-order valence-electron chi connectivity index (χ4n) is 2.03. The van der Waals surface area contributed by atoms with Crippen LogP contribution >= 0.6 is 0 Å². The smallest absolute Gasteiger partial charge is 0.406 e. The molecule has 6 nitrogen and oxygen atoms in total. The summed E-state index contributed by atoms with van der Waals surface area (Å²) in [5.41, 5.74) is 0.142. The van der Waals surface area contributed by atoms with Crippen molar-refractivity contribution in [2.24, 2.45) is 0 Å². The lowest BCUT2D eigenvalue weighted by Crippen LogP contribution is -2.22. The first kappa shape index (κ1) is 17.2. The van der Waals surface area contributed by atoms with Gasteiger partial charge in [-0.1, -0.05) is 32.9 Å². The van der Waals surface area contributed by atoms with Gasteiger partial charge in [-0.2, -0.15) is 0 Å². The standard InChI is InChI=1S/C14H17F3N4O2/c1-13(2,3)12-18-19-20-21(12)8-11(22)9-4-6-10(7-5-9)23-14(15,16)17/h4-7,11,22H,8H2,1-3H3. The number of benzene rings is 1. The molecule has 2 rings (SSSR count). The quantitative estimate of drug-likeness (QED) is 0.933. The molecule has 0 spiro atoms. The number of rotatable bonds is 4. The summed E-state index contributed by atoms with van der Waals surface area (Å²) in [7, 11) is 0. The van der Waals surface area contributed by atoms with Crippen molar-refractivity contribution in [3.63, 3.8) is 0 Å². The Balaban J connectivity index is 2.10. The van der Waals surface area contributed by atoms with E-state index in [0.29, 0.717) is 11.4 Å². The van der Waals surface area contributed by atoms with Crippen LogP contribution in [0.1, 0.15) is 38.3 Å². The average Bonchev–Trinajstić information content (AvgIpc) is 2.85. The van der Waals surface area contributed by atoms with Crippen molar-refractivity contribution in [3.8, 4) is 5.75 Å². The summed E-state index contributed by atoms with van der Waals surface area (Å²) in [6.07, 6.45) is -5.70. The topological polar surface area (TPSA) is 73.1 Å². The summed E-state index contributed by atoms with van der Waals surface area (Å²) in [5.74, 6) is 0.264. The number of hydrogen-bond donors (Lipinski definition) is 1. The second-order valence-corrected chi connectivity index (χ2v) is 6.07. The molecule has 1 atom stereocenters. The van der Waals surface area contributed by atoms with Crippen LogP contribution in [0.15, 0.2) is 24.3 Å². The fourth-order valence-corrected chi connectivity index (χ4v) is 2.03. The molecule has 1 heterocycles. The molecule has 23 heavy (non-hydrogen) atoms. The number of nitrogens with zero attached hydrogens (tertiary/aromatic N) is 4. The van der Waals surface area contributed by atoms with Crippen LogP contribution in [0.2, 0.25) is 0 Å². The molecule has 0 radical (unpaired) electrons. The second-order valence-electron chi connectivity index (χ2n) is 6.07. The number of aliphatic hydroxyl groups is 1. The molecule has 0 aliphatic heterocycles. The van der Waals surface area contributed by atoms with E-state index >= 15 is 0 Å². The first-order chi connectivity index (χ1) is 10.6. The number of hydrogen-bond acceptors (Lipinski definition) is 5. The molecule has 0 bridgehead atoms. The Morgan fingerprint density at radius 3 is 2.30 bits per heavy atom. The lowest BCUT2D eigenvalue weighted by atomic mass is 9.95. The molecule has 0 aliphatic rings. The van der Waals surface area contributed by atoms with Gasteiger partial charge >= 0.3 is 6.36 Å². The largest absolute Gasteiger partial charge is 0.573 e. The Morgan fingerprint density at radius 1 is 1.17 bits per heavy atom. The molecule has 0 saturated carbocycles. The third-order valence-electron chi connectivity index (χ3n) is 3.05. The number of tetrazole rings is 1. The van der Waals surface area contributed by atoms with Crippen LogP contribution in [0.25, 0.3) is 0 Å². The molecule has 126 valence electrons. The first-order valence-electron chi connectivity index (χ1n) is 6.87. The Labute approximate surface area is 130 Å². The number of halogens is 3. The van der Waals surface area contributed by atoms with E-state index in [-0.39, 0.29) is 17.7 Å². The predicted octanol–water partition coefficient (Wildman–Crippen LogP) is 2.60.